The Kier molecular flexibility index (Phi) is 4.85. The predicted octanol–water partition coefficient (Wildman–Crippen LogP) is 6.79. The van der Waals surface area contributed by atoms with E-state index in [1.54, 1.807) is 6.08 Å². The molecule has 5 aliphatic rings. The Bertz CT molecular complexity index is 1120. The zero-order valence-electron chi connectivity index (χ0n) is 21.9. The second-order valence-electron chi connectivity index (χ2n) is 13.1. The number of rotatable bonds is 1. The van der Waals surface area contributed by atoms with Crippen molar-refractivity contribution in [1.29, 1.82) is 0 Å². The molecule has 184 valence electrons. The van der Waals surface area contributed by atoms with Gasteiger partial charge in [0.15, 0.2) is 5.76 Å². The van der Waals surface area contributed by atoms with Gasteiger partial charge in [-0.3, -0.25) is 9.59 Å². The lowest BCUT2D eigenvalue weighted by molar-refractivity contribution is -0.180. The molecule has 5 rings (SSSR count). The minimum absolute atomic E-state index is 0.0262. The molecule has 0 aromatic heterocycles. The molecule has 4 nitrogen and oxygen atoms in total. The van der Waals surface area contributed by atoms with Gasteiger partial charge < -0.3 is 9.84 Å². The lowest BCUT2D eigenvalue weighted by atomic mass is 9.34. The molecule has 3 saturated carbocycles. The van der Waals surface area contributed by atoms with Gasteiger partial charge in [0.05, 0.1) is 12.5 Å². The molecule has 5 aliphatic carbocycles. The van der Waals surface area contributed by atoms with Crippen LogP contribution in [0.3, 0.4) is 0 Å². The molecule has 0 aromatic carbocycles. The highest BCUT2D eigenvalue weighted by Gasteiger charge is 2.67. The van der Waals surface area contributed by atoms with Gasteiger partial charge in [0.1, 0.15) is 0 Å². The Morgan fingerprint density at radius 2 is 1.68 bits per heavy atom. The maximum Gasteiger partial charge on any atom is 0.311 e. The zero-order chi connectivity index (χ0) is 24.9. The molecular formula is C30H40O4. The highest BCUT2D eigenvalue weighted by Crippen LogP contribution is 2.75. The van der Waals surface area contributed by atoms with Gasteiger partial charge in [-0.05, 0) is 98.2 Å². The summed E-state index contributed by atoms with van der Waals surface area (Å²) in [4.78, 5) is 25.5. The molecule has 6 atom stereocenters. The Labute approximate surface area is 204 Å². The van der Waals surface area contributed by atoms with Crippen LogP contribution in [0.1, 0.15) is 86.5 Å². The molecule has 0 aliphatic heterocycles. The molecule has 0 amide bonds. The molecule has 3 fully saturated rings. The van der Waals surface area contributed by atoms with E-state index in [1.807, 2.05) is 6.92 Å². The van der Waals surface area contributed by atoms with E-state index in [2.05, 4.69) is 46.8 Å². The van der Waals surface area contributed by atoms with Crippen molar-refractivity contribution in [2.75, 3.05) is 7.11 Å². The minimum atomic E-state index is -0.424. The monoisotopic (exact) mass is 464 g/mol. The molecule has 0 saturated heterocycles. The number of carbonyl (C=O) groups excluding carboxylic acids is 2. The molecule has 0 radical (unpaired) electrons. The smallest absolute Gasteiger partial charge is 0.311 e. The van der Waals surface area contributed by atoms with Gasteiger partial charge in [0.25, 0.3) is 0 Å². The van der Waals surface area contributed by atoms with Gasteiger partial charge in [-0.25, -0.2) is 0 Å². The number of aliphatic hydroxyl groups excluding tert-OH is 1. The molecule has 4 heteroatoms. The second-order valence-corrected chi connectivity index (χ2v) is 13.1. The Morgan fingerprint density at radius 3 is 2.35 bits per heavy atom. The molecule has 1 N–H and O–H groups in total. The predicted molar refractivity (Wildman–Crippen MR) is 133 cm³/mol. The molecule has 0 heterocycles. The summed E-state index contributed by atoms with van der Waals surface area (Å²) < 4.78 is 5.27. The van der Waals surface area contributed by atoms with Crippen LogP contribution in [-0.2, 0) is 14.3 Å². The second kappa shape index (κ2) is 6.98. The first kappa shape index (κ1) is 23.6. The van der Waals surface area contributed by atoms with Gasteiger partial charge in [0.2, 0.25) is 5.78 Å². The summed E-state index contributed by atoms with van der Waals surface area (Å²) in [7, 11) is 1.52. The maximum absolute atomic E-state index is 12.8. The molecule has 0 aromatic rings. The first-order valence-corrected chi connectivity index (χ1v) is 12.9. The van der Waals surface area contributed by atoms with Crippen molar-refractivity contribution in [3.8, 4) is 0 Å². The van der Waals surface area contributed by atoms with Crippen LogP contribution >= 0.6 is 0 Å². The van der Waals surface area contributed by atoms with E-state index in [4.69, 9.17) is 4.74 Å². The number of hydrogen-bond acceptors (Lipinski definition) is 4. The third kappa shape index (κ3) is 2.72. The van der Waals surface area contributed by atoms with Crippen molar-refractivity contribution in [2.45, 2.75) is 86.5 Å². The molecule has 0 bridgehead atoms. The van der Waals surface area contributed by atoms with Crippen LogP contribution in [0.25, 0.3) is 0 Å². The first-order valence-electron chi connectivity index (χ1n) is 12.9. The summed E-state index contributed by atoms with van der Waals surface area (Å²) in [6, 6.07) is 0. The van der Waals surface area contributed by atoms with Gasteiger partial charge in [-0.15, -0.1) is 0 Å². The van der Waals surface area contributed by atoms with Crippen molar-refractivity contribution >= 4 is 11.8 Å². The number of allylic oxidation sites excluding steroid dienone is 7. The summed E-state index contributed by atoms with van der Waals surface area (Å²) in [5.74, 6) is -0.0356. The summed E-state index contributed by atoms with van der Waals surface area (Å²) in [6.45, 7) is 13.7. The zero-order valence-corrected chi connectivity index (χ0v) is 21.9. The number of esters is 1. The third-order valence-corrected chi connectivity index (χ3v) is 11.6. The number of hydrogen-bond donors (Lipinski definition) is 1. The Morgan fingerprint density at radius 1 is 1.00 bits per heavy atom. The number of ether oxygens (including phenoxy) is 1. The van der Waals surface area contributed by atoms with Crippen LogP contribution in [0.4, 0.5) is 0 Å². The third-order valence-electron chi connectivity index (χ3n) is 11.6. The van der Waals surface area contributed by atoms with E-state index in [9.17, 15) is 14.7 Å². The summed E-state index contributed by atoms with van der Waals surface area (Å²) in [5, 5.41) is 10.3. The number of aliphatic hydroxyl groups is 1. The van der Waals surface area contributed by atoms with Crippen molar-refractivity contribution in [1.82, 2.24) is 0 Å². The fourth-order valence-corrected chi connectivity index (χ4v) is 8.89. The average molecular weight is 465 g/mol. The Balaban J connectivity index is 1.63. The van der Waals surface area contributed by atoms with Gasteiger partial charge in [0, 0.05) is 11.0 Å². The van der Waals surface area contributed by atoms with Crippen LogP contribution in [0.5, 0.6) is 0 Å². The van der Waals surface area contributed by atoms with Crippen LogP contribution in [-0.4, -0.2) is 24.0 Å². The number of methoxy groups -OCH3 is 1. The maximum atomic E-state index is 12.8. The number of fused-ring (bicyclic) bond motifs is 7. The Hall–Kier alpha value is -2.10. The highest BCUT2D eigenvalue weighted by molar-refractivity contribution is 6.06. The largest absolute Gasteiger partial charge is 0.504 e. The summed E-state index contributed by atoms with van der Waals surface area (Å²) >= 11 is 0. The lowest BCUT2D eigenvalue weighted by Gasteiger charge is -2.70. The molecule has 34 heavy (non-hydrogen) atoms. The number of ketones is 1. The molecular weight excluding hydrogens is 424 g/mol. The lowest BCUT2D eigenvalue weighted by Crippen LogP contribution is -2.62. The quantitative estimate of drug-likeness (QED) is 0.434. The molecule has 1 unspecified atom stereocenters. The van der Waals surface area contributed by atoms with Crippen molar-refractivity contribution in [3.63, 3.8) is 0 Å². The van der Waals surface area contributed by atoms with Crippen LogP contribution in [0.15, 0.2) is 46.3 Å². The van der Waals surface area contributed by atoms with Crippen molar-refractivity contribution in [2.24, 2.45) is 33.0 Å². The van der Waals surface area contributed by atoms with E-state index in [0.717, 1.165) is 56.1 Å². The summed E-state index contributed by atoms with van der Waals surface area (Å²) in [6.07, 6.45) is 13.3. The van der Waals surface area contributed by atoms with Crippen LogP contribution < -0.4 is 0 Å². The van der Waals surface area contributed by atoms with E-state index in [-0.39, 0.29) is 39.2 Å². The van der Waals surface area contributed by atoms with E-state index >= 15 is 0 Å². The minimum Gasteiger partial charge on any atom is -0.504 e. The average Bonchev–Trinajstić information content (AvgIpc) is 2.80. The fraction of sp³-hybridized carbons (Fsp3) is 0.667. The van der Waals surface area contributed by atoms with Crippen molar-refractivity contribution < 1.29 is 19.4 Å². The number of carbonyl (C=O) groups is 2. The van der Waals surface area contributed by atoms with E-state index in [1.165, 1.54) is 12.7 Å². The van der Waals surface area contributed by atoms with Crippen LogP contribution in [0, 0.1) is 33.0 Å². The van der Waals surface area contributed by atoms with E-state index < -0.39 is 5.41 Å². The van der Waals surface area contributed by atoms with Gasteiger partial charge in [-0.2, -0.15) is 0 Å². The van der Waals surface area contributed by atoms with Gasteiger partial charge >= 0.3 is 5.97 Å². The van der Waals surface area contributed by atoms with Crippen molar-refractivity contribution in [3.05, 3.63) is 46.3 Å². The highest BCUT2D eigenvalue weighted by atomic mass is 16.5. The van der Waals surface area contributed by atoms with Gasteiger partial charge in [-0.1, -0.05) is 45.4 Å². The SMILES string of the molecule is COC(=O)[C@]1(C)CC[C@]2(C)CC[C@]3(C)C4=CC=C5C(=CC(=O)C(O)=C5C)[C@]4(C)CC[C@@]3(C)C2C1. The summed E-state index contributed by atoms with van der Waals surface area (Å²) in [5.41, 5.74) is 3.82. The topological polar surface area (TPSA) is 63.6 Å². The fourth-order valence-electron chi connectivity index (χ4n) is 8.89. The standard InChI is InChI=1S/C30H40O4/c1-18-19-8-9-22-28(4,20(19)16-21(31)24(18)32)13-15-30(6)23-17-27(3,25(33)34-7)11-10-26(23,2)12-14-29(22,30)5/h8-9,16,23,32H,10-15,17H2,1-7H3/t23?,26-,27-,28+,29-,30+/m1/s1. The molecule has 0 spiro atoms. The van der Waals surface area contributed by atoms with E-state index in [0.29, 0.717) is 11.5 Å². The normalized spacial score (nSPS) is 45.7. The first-order chi connectivity index (χ1) is 15.8. The van der Waals surface area contributed by atoms with Crippen LogP contribution in [0.2, 0.25) is 0 Å².